The van der Waals surface area contributed by atoms with Gasteiger partial charge in [-0.05, 0) is 74.9 Å². The normalized spacial score (nSPS) is 14.8. The lowest BCUT2D eigenvalue weighted by atomic mass is 9.87. The van der Waals surface area contributed by atoms with Crippen LogP contribution in [0.5, 0.6) is 0 Å². The van der Waals surface area contributed by atoms with Gasteiger partial charge >= 0.3 is 6.09 Å². The molecule has 38 heavy (non-hydrogen) atoms. The monoisotopic (exact) mass is 585 g/mol. The Morgan fingerprint density at radius 3 is 2.29 bits per heavy atom. The first-order chi connectivity index (χ1) is 18.0. The lowest BCUT2D eigenvalue weighted by Gasteiger charge is -2.32. The van der Waals surface area contributed by atoms with Crippen molar-refractivity contribution in [2.45, 2.75) is 32.0 Å². The van der Waals surface area contributed by atoms with Crippen molar-refractivity contribution in [3.63, 3.8) is 0 Å². The number of carbonyl (C=O) groups is 2. The van der Waals surface area contributed by atoms with Gasteiger partial charge in [-0.15, -0.1) is 22.7 Å². The van der Waals surface area contributed by atoms with Crippen LogP contribution < -0.4 is 5.32 Å². The summed E-state index contributed by atoms with van der Waals surface area (Å²) in [6.45, 7) is 5.07. The predicted molar refractivity (Wildman–Crippen MR) is 149 cm³/mol. The van der Waals surface area contributed by atoms with Crippen molar-refractivity contribution in [2.24, 2.45) is 0 Å². The van der Waals surface area contributed by atoms with E-state index in [0.29, 0.717) is 31.2 Å². The van der Waals surface area contributed by atoms with Crippen LogP contribution in [-0.2, 0) is 19.9 Å². The SMILES string of the molecule is CC(C)(C)OC(=O)n1c(C#N)ccc1-c1ccc2c(c1)C(c1ccc(Cl)s1)(c1ccc(Cl)s1)OCC(=O)N2. The minimum atomic E-state index is -1.21. The van der Waals surface area contributed by atoms with Crippen LogP contribution in [0.25, 0.3) is 11.3 Å². The van der Waals surface area contributed by atoms with E-state index in [1.807, 2.05) is 18.2 Å². The second-order valence-corrected chi connectivity index (χ2v) is 12.9. The molecule has 0 saturated carbocycles. The molecule has 0 spiro atoms. The van der Waals surface area contributed by atoms with Crippen molar-refractivity contribution in [2.75, 3.05) is 11.9 Å². The summed E-state index contributed by atoms with van der Waals surface area (Å²) in [4.78, 5) is 27.4. The Morgan fingerprint density at radius 1 is 1.08 bits per heavy atom. The van der Waals surface area contributed by atoms with Crippen molar-refractivity contribution in [1.82, 2.24) is 4.57 Å². The topological polar surface area (TPSA) is 93.3 Å². The first-order valence-corrected chi connectivity index (χ1v) is 13.9. The number of benzene rings is 1. The van der Waals surface area contributed by atoms with E-state index in [1.165, 1.54) is 27.2 Å². The number of nitriles is 1. The molecule has 0 atom stereocenters. The highest BCUT2D eigenvalue weighted by molar-refractivity contribution is 7.18. The van der Waals surface area contributed by atoms with E-state index in [9.17, 15) is 14.9 Å². The molecule has 5 rings (SSSR count). The molecule has 1 aliphatic rings. The van der Waals surface area contributed by atoms with Crippen LogP contribution in [0.3, 0.4) is 0 Å². The molecule has 4 heterocycles. The standard InChI is InChI=1S/C27H21Cl2N3O4S2/c1-26(2,3)36-25(34)32-16(13-30)5-7-19(32)15-4-6-18-17(12-15)27(35-14-24(33)31-18,20-8-10-22(28)37-20)21-9-11-23(29)38-21/h4-12H,14H2,1-3H3,(H,31,33). The Balaban J connectivity index is 1.77. The zero-order valence-electron chi connectivity index (χ0n) is 20.5. The molecular formula is C27H21Cl2N3O4S2. The largest absolute Gasteiger partial charge is 0.443 e. The highest BCUT2D eigenvalue weighted by Gasteiger charge is 2.45. The highest BCUT2D eigenvalue weighted by atomic mass is 35.5. The Hall–Kier alpha value is -3.13. The number of fused-ring (bicyclic) bond motifs is 1. The second kappa shape index (κ2) is 9.88. The quantitative estimate of drug-likeness (QED) is 0.268. The van der Waals surface area contributed by atoms with E-state index >= 15 is 0 Å². The van der Waals surface area contributed by atoms with Crippen LogP contribution in [-0.4, -0.2) is 28.8 Å². The Labute approximate surface area is 237 Å². The van der Waals surface area contributed by atoms with Gasteiger partial charge in [-0.2, -0.15) is 5.26 Å². The molecule has 4 aromatic rings. The predicted octanol–water partition coefficient (Wildman–Crippen LogP) is 7.50. The minimum absolute atomic E-state index is 0.134. The number of nitrogens with zero attached hydrogens (tertiary/aromatic N) is 2. The molecule has 0 fully saturated rings. The molecule has 194 valence electrons. The summed E-state index contributed by atoms with van der Waals surface area (Å²) >= 11 is 15.4. The molecule has 0 aliphatic carbocycles. The second-order valence-electron chi connectivity index (χ2n) is 9.52. The van der Waals surface area contributed by atoms with E-state index < -0.39 is 17.3 Å². The number of amides is 1. The molecule has 0 saturated heterocycles. The van der Waals surface area contributed by atoms with Crippen LogP contribution in [0.1, 0.15) is 41.8 Å². The van der Waals surface area contributed by atoms with Gasteiger partial charge in [-0.3, -0.25) is 4.79 Å². The zero-order chi connectivity index (χ0) is 27.2. The molecular weight excluding hydrogens is 565 g/mol. The van der Waals surface area contributed by atoms with E-state index in [1.54, 1.807) is 57.2 Å². The number of hydrogen-bond donors (Lipinski definition) is 1. The van der Waals surface area contributed by atoms with Crippen molar-refractivity contribution in [3.05, 3.63) is 84.3 Å². The Bertz CT molecular complexity index is 1570. The van der Waals surface area contributed by atoms with Gasteiger partial charge in [0, 0.05) is 21.0 Å². The number of anilines is 1. The van der Waals surface area contributed by atoms with Gasteiger partial charge < -0.3 is 14.8 Å². The number of halogens is 2. The summed E-state index contributed by atoms with van der Waals surface area (Å²) < 4.78 is 14.4. The number of carbonyl (C=O) groups excluding carboxylic acids is 2. The average Bonchev–Trinajstić information content (AvgIpc) is 3.57. The lowest BCUT2D eigenvalue weighted by Crippen LogP contribution is -2.31. The third-order valence-corrected chi connectivity index (χ3v) is 8.46. The zero-order valence-corrected chi connectivity index (χ0v) is 23.6. The Morgan fingerprint density at radius 2 is 1.74 bits per heavy atom. The molecule has 3 aromatic heterocycles. The molecule has 1 aliphatic heterocycles. The molecule has 1 N–H and O–H groups in total. The minimum Gasteiger partial charge on any atom is -0.443 e. The van der Waals surface area contributed by atoms with Crippen LogP contribution in [0.15, 0.2) is 54.6 Å². The van der Waals surface area contributed by atoms with Crippen LogP contribution >= 0.6 is 45.9 Å². The van der Waals surface area contributed by atoms with Gasteiger partial charge in [-0.25, -0.2) is 9.36 Å². The van der Waals surface area contributed by atoms with Crippen LogP contribution in [0.2, 0.25) is 8.67 Å². The van der Waals surface area contributed by atoms with Crippen molar-refractivity contribution in [1.29, 1.82) is 5.26 Å². The maximum Gasteiger partial charge on any atom is 0.420 e. The van der Waals surface area contributed by atoms with Gasteiger partial charge in [0.25, 0.3) is 0 Å². The lowest BCUT2D eigenvalue weighted by molar-refractivity contribution is -0.123. The first-order valence-electron chi connectivity index (χ1n) is 11.5. The fourth-order valence-corrected chi connectivity index (χ4v) is 6.83. The van der Waals surface area contributed by atoms with Gasteiger partial charge in [0.15, 0.2) is 5.60 Å². The number of ether oxygens (including phenoxy) is 2. The summed E-state index contributed by atoms with van der Waals surface area (Å²) in [6, 6.07) is 18.0. The van der Waals surface area contributed by atoms with E-state index in [0.717, 1.165) is 9.75 Å². The number of thiophene rings is 2. The third-order valence-electron chi connectivity index (χ3n) is 5.80. The van der Waals surface area contributed by atoms with Crippen LogP contribution in [0, 0.1) is 11.3 Å². The average molecular weight is 587 g/mol. The fraction of sp³-hybridized carbons (Fsp3) is 0.222. The van der Waals surface area contributed by atoms with Gasteiger partial charge in [-0.1, -0.05) is 29.3 Å². The summed E-state index contributed by atoms with van der Waals surface area (Å²) in [6.07, 6.45) is -0.671. The van der Waals surface area contributed by atoms with Crippen molar-refractivity contribution < 1.29 is 19.1 Å². The maximum atomic E-state index is 13.1. The van der Waals surface area contributed by atoms with Gasteiger partial charge in [0.1, 0.15) is 24.0 Å². The molecule has 1 amide bonds. The molecule has 1 aromatic carbocycles. The maximum absolute atomic E-state index is 13.1. The number of rotatable bonds is 3. The Kier molecular flexibility index (Phi) is 6.88. The van der Waals surface area contributed by atoms with E-state index in [-0.39, 0.29) is 18.2 Å². The molecule has 11 heteroatoms. The van der Waals surface area contributed by atoms with Gasteiger partial charge in [0.05, 0.1) is 14.4 Å². The van der Waals surface area contributed by atoms with E-state index in [2.05, 4.69) is 11.4 Å². The molecule has 0 unspecified atom stereocenters. The van der Waals surface area contributed by atoms with Gasteiger partial charge in [0.2, 0.25) is 5.91 Å². The van der Waals surface area contributed by atoms with Crippen LogP contribution in [0.4, 0.5) is 10.5 Å². The smallest absolute Gasteiger partial charge is 0.420 e. The molecule has 0 bridgehead atoms. The van der Waals surface area contributed by atoms with Crippen molar-refractivity contribution in [3.8, 4) is 17.3 Å². The summed E-state index contributed by atoms with van der Waals surface area (Å²) in [5.41, 5.74) is 0.414. The number of aromatic nitrogens is 1. The van der Waals surface area contributed by atoms with Crippen molar-refractivity contribution >= 4 is 63.6 Å². The summed E-state index contributed by atoms with van der Waals surface area (Å²) in [5.74, 6) is -0.310. The first kappa shape index (κ1) is 26.5. The fourth-order valence-electron chi connectivity index (χ4n) is 4.33. The highest BCUT2D eigenvalue weighted by Crippen LogP contribution is 2.51. The number of nitrogens with one attached hydrogen (secondary N) is 1. The number of hydrogen-bond acceptors (Lipinski definition) is 7. The van der Waals surface area contributed by atoms with E-state index in [4.69, 9.17) is 32.7 Å². The molecule has 7 nitrogen and oxygen atoms in total. The summed E-state index contributed by atoms with van der Waals surface area (Å²) in [7, 11) is 0. The molecule has 0 radical (unpaired) electrons. The third kappa shape index (κ3) is 4.75. The summed E-state index contributed by atoms with van der Waals surface area (Å²) in [5, 5.41) is 12.6.